The highest BCUT2D eigenvalue weighted by molar-refractivity contribution is 7.90. The minimum absolute atomic E-state index is 0.0207. The molecule has 3 aliphatic rings. The molecule has 2 fully saturated rings. The zero-order valence-corrected chi connectivity index (χ0v) is 23.3. The molecular formula is C28H24F4N8O2S. The second-order valence-electron chi connectivity index (χ2n) is 11.0. The van der Waals surface area contributed by atoms with Crippen molar-refractivity contribution in [2.75, 3.05) is 13.1 Å². The van der Waals surface area contributed by atoms with E-state index in [1.54, 1.807) is 29.1 Å². The van der Waals surface area contributed by atoms with Gasteiger partial charge in [-0.1, -0.05) is 5.57 Å². The fourth-order valence-corrected chi connectivity index (χ4v) is 7.20. The Bertz CT molecular complexity index is 1890. The van der Waals surface area contributed by atoms with Gasteiger partial charge in [0.15, 0.2) is 20.7 Å². The van der Waals surface area contributed by atoms with E-state index in [0.717, 1.165) is 31.2 Å². The molecule has 1 saturated carbocycles. The van der Waals surface area contributed by atoms with Gasteiger partial charge in [-0.2, -0.15) is 28.2 Å². The number of alkyl halides is 3. The number of carbonyl (C=O) groups excluding carboxylic acids is 1. The fourth-order valence-electron chi connectivity index (χ4n) is 5.80. The summed E-state index contributed by atoms with van der Waals surface area (Å²) in [5, 5.41) is 12.9. The quantitative estimate of drug-likeness (QED) is 0.245. The van der Waals surface area contributed by atoms with Crippen LogP contribution >= 0.6 is 0 Å². The number of benzene rings is 1. The summed E-state index contributed by atoms with van der Waals surface area (Å²) >= 11 is 0. The van der Waals surface area contributed by atoms with Crippen LogP contribution in [0.3, 0.4) is 0 Å². The zero-order valence-electron chi connectivity index (χ0n) is 22.5. The Hall–Kier alpha value is -4.24. The number of rotatable bonds is 6. The van der Waals surface area contributed by atoms with Crippen molar-refractivity contribution < 1.29 is 26.6 Å². The van der Waals surface area contributed by atoms with E-state index in [0.29, 0.717) is 22.5 Å². The number of ketones is 1. The van der Waals surface area contributed by atoms with Gasteiger partial charge in [0.05, 0.1) is 40.8 Å². The molecule has 1 aromatic carbocycles. The van der Waals surface area contributed by atoms with Gasteiger partial charge in [0.1, 0.15) is 11.5 Å². The molecule has 0 bridgehead atoms. The minimum atomic E-state index is -4.69. The smallest absolute Gasteiger partial charge is 0.291 e. The summed E-state index contributed by atoms with van der Waals surface area (Å²) in [6.45, 7) is -0.0785. The Labute approximate surface area is 243 Å². The van der Waals surface area contributed by atoms with Crippen LogP contribution in [0.1, 0.15) is 52.6 Å². The first-order valence-electron chi connectivity index (χ1n) is 13.5. The number of piperidine rings is 1. The molecular weight excluding hydrogens is 588 g/mol. The van der Waals surface area contributed by atoms with Crippen molar-refractivity contribution in [3.8, 4) is 5.69 Å². The number of pyridine rings is 1. The van der Waals surface area contributed by atoms with Crippen molar-refractivity contribution in [1.29, 1.82) is 4.78 Å². The average Bonchev–Trinajstić information content (AvgIpc) is 3.57. The summed E-state index contributed by atoms with van der Waals surface area (Å²) in [5.41, 5.74) is -0.421. The molecule has 0 amide bonds. The van der Waals surface area contributed by atoms with Gasteiger partial charge in [0, 0.05) is 19.3 Å². The predicted octanol–water partition coefficient (Wildman–Crippen LogP) is 4.89. The highest BCUT2D eigenvalue weighted by Crippen LogP contribution is 2.47. The third-order valence-electron chi connectivity index (χ3n) is 8.21. The van der Waals surface area contributed by atoms with E-state index < -0.39 is 38.7 Å². The van der Waals surface area contributed by atoms with Crippen LogP contribution in [-0.4, -0.2) is 57.1 Å². The van der Waals surface area contributed by atoms with Gasteiger partial charge in [-0.15, -0.1) is 5.10 Å². The molecule has 0 unspecified atom stereocenters. The average molecular weight is 613 g/mol. The molecule has 1 aliphatic heterocycles. The lowest BCUT2D eigenvalue weighted by atomic mass is 9.65. The van der Waals surface area contributed by atoms with Crippen LogP contribution in [0, 0.1) is 16.0 Å². The number of halogens is 4. The third kappa shape index (κ3) is 4.66. The Kier molecular flexibility index (Phi) is 6.18. The number of aromatic nitrogens is 6. The molecule has 1 saturated heterocycles. The number of Topliss-reactive ketones (excluding diaryl/α,β-unsaturated/α-hetero) is 1. The molecule has 43 heavy (non-hydrogen) atoms. The van der Waals surface area contributed by atoms with Gasteiger partial charge in [-0.3, -0.25) is 9.78 Å². The molecule has 3 aromatic heterocycles. The van der Waals surface area contributed by atoms with E-state index in [2.05, 4.69) is 20.3 Å². The lowest BCUT2D eigenvalue weighted by Gasteiger charge is -2.45. The number of nitrogens with zero attached hydrogens (tertiary/aromatic N) is 7. The summed E-state index contributed by atoms with van der Waals surface area (Å²) in [7, 11) is -3.70. The number of hydrogen-bond acceptors (Lipinski definition) is 7. The summed E-state index contributed by atoms with van der Waals surface area (Å²) in [6, 6.07) is 7.36. The molecule has 15 heteroatoms. The number of fused-ring (bicyclic) bond motifs is 2. The Morgan fingerprint density at radius 1 is 1.09 bits per heavy atom. The summed E-state index contributed by atoms with van der Waals surface area (Å²) < 4.78 is 80.1. The van der Waals surface area contributed by atoms with E-state index in [1.165, 1.54) is 27.4 Å². The van der Waals surface area contributed by atoms with Crippen LogP contribution in [0.2, 0.25) is 0 Å². The molecule has 7 rings (SSSR count). The first-order chi connectivity index (χ1) is 20.5. The van der Waals surface area contributed by atoms with Crippen molar-refractivity contribution in [3.05, 3.63) is 88.9 Å². The van der Waals surface area contributed by atoms with E-state index in [9.17, 15) is 26.6 Å². The summed E-state index contributed by atoms with van der Waals surface area (Å²) in [6.07, 6.45) is 2.88. The van der Waals surface area contributed by atoms with Crippen molar-refractivity contribution in [2.24, 2.45) is 5.41 Å². The van der Waals surface area contributed by atoms with Crippen LogP contribution in [0.25, 0.3) is 11.8 Å². The number of hydrogen-bond donors (Lipinski definition) is 1. The van der Waals surface area contributed by atoms with Crippen molar-refractivity contribution >= 4 is 21.8 Å². The SMILES string of the molecule is N=[S@@](=O)(c1cnn(C2CC2)n1)N1CCC2=Cc3c(cnn3-c3ccc(F)cc3)C[C@]2(C(=O)c2cc(C(F)(F)F)ccn2)C1. The van der Waals surface area contributed by atoms with Crippen molar-refractivity contribution in [3.63, 3.8) is 0 Å². The maximum absolute atomic E-state index is 14.3. The van der Waals surface area contributed by atoms with Crippen LogP contribution in [0.15, 0.2) is 65.6 Å². The van der Waals surface area contributed by atoms with Crippen LogP contribution in [-0.2, 0) is 22.5 Å². The van der Waals surface area contributed by atoms with E-state index in [1.807, 2.05) is 0 Å². The summed E-state index contributed by atoms with van der Waals surface area (Å²) in [4.78, 5) is 19.8. The lowest BCUT2D eigenvalue weighted by molar-refractivity contribution is -0.137. The Morgan fingerprint density at radius 3 is 2.58 bits per heavy atom. The van der Waals surface area contributed by atoms with Gasteiger partial charge < -0.3 is 0 Å². The molecule has 0 spiro atoms. The van der Waals surface area contributed by atoms with Gasteiger partial charge in [-0.05, 0) is 73.7 Å². The van der Waals surface area contributed by atoms with Crippen LogP contribution in [0.5, 0.6) is 0 Å². The monoisotopic (exact) mass is 612 g/mol. The molecule has 2 atom stereocenters. The second kappa shape index (κ2) is 9.64. The third-order valence-corrected chi connectivity index (χ3v) is 10.0. The normalized spacial score (nSPS) is 21.9. The molecule has 222 valence electrons. The van der Waals surface area contributed by atoms with Crippen LogP contribution in [0.4, 0.5) is 17.6 Å². The minimum Gasteiger partial charge on any atom is -0.291 e. The van der Waals surface area contributed by atoms with Gasteiger partial charge in [0.25, 0.3) is 0 Å². The second-order valence-corrected chi connectivity index (χ2v) is 13.0. The molecule has 1 N–H and O–H groups in total. The maximum Gasteiger partial charge on any atom is 0.416 e. The molecule has 4 aromatic rings. The first kappa shape index (κ1) is 27.6. The van der Waals surface area contributed by atoms with Crippen LogP contribution < -0.4 is 0 Å². The van der Waals surface area contributed by atoms with Gasteiger partial charge >= 0.3 is 6.18 Å². The maximum atomic E-state index is 14.3. The van der Waals surface area contributed by atoms with Crippen molar-refractivity contribution in [2.45, 2.75) is 42.9 Å². The lowest BCUT2D eigenvalue weighted by Crippen LogP contribution is -2.53. The fraction of sp³-hybridized carbons (Fsp3) is 0.321. The molecule has 2 aliphatic carbocycles. The topological polar surface area (TPSA) is 123 Å². The number of carbonyl (C=O) groups is 1. The highest BCUT2D eigenvalue weighted by atomic mass is 32.2. The van der Waals surface area contributed by atoms with Gasteiger partial charge in [-0.25, -0.2) is 22.4 Å². The molecule has 4 heterocycles. The zero-order chi connectivity index (χ0) is 30.1. The predicted molar refractivity (Wildman–Crippen MR) is 145 cm³/mol. The largest absolute Gasteiger partial charge is 0.416 e. The molecule has 10 nitrogen and oxygen atoms in total. The number of nitrogens with one attached hydrogen (secondary N) is 1. The standard InChI is InChI=1S/C28H24F4N8O2S/c29-20-1-3-21(4-2-20)39-24-12-18-8-10-38(43(33,42)25-15-36-40(37-25)22-5-6-22)16-27(18,13-17(24)14-35-39)26(41)23-11-19(7-9-34-23)28(30,31)32/h1-4,7,9,11-12,14-15,22,33H,5-6,8,10,13,16H2/t27-,43-/m0/s1. The Balaban J connectivity index is 1.32. The first-order valence-corrected chi connectivity index (χ1v) is 15.0. The summed E-state index contributed by atoms with van der Waals surface area (Å²) in [5.74, 6) is -1.09. The van der Waals surface area contributed by atoms with Gasteiger partial charge in [0.2, 0.25) is 0 Å². The highest BCUT2D eigenvalue weighted by Gasteiger charge is 2.51. The molecule has 0 radical (unpaired) electrons. The van der Waals surface area contributed by atoms with E-state index >= 15 is 0 Å². The van der Waals surface area contributed by atoms with E-state index in [4.69, 9.17) is 4.78 Å². The van der Waals surface area contributed by atoms with E-state index in [-0.39, 0.29) is 42.7 Å². The Morgan fingerprint density at radius 2 is 1.86 bits per heavy atom. The van der Waals surface area contributed by atoms with Crippen molar-refractivity contribution in [1.82, 2.24) is 34.1 Å².